The van der Waals surface area contributed by atoms with E-state index >= 15 is 0 Å². The molecule has 0 unspecified atom stereocenters. The molecule has 0 bridgehead atoms. The van der Waals surface area contributed by atoms with Crippen LogP contribution in [-0.2, 0) is 10.9 Å². The summed E-state index contributed by atoms with van der Waals surface area (Å²) in [5.41, 5.74) is -0.423. The molecule has 1 fully saturated rings. The number of hydrogen-bond acceptors (Lipinski definition) is 3. The lowest BCUT2D eigenvalue weighted by Gasteiger charge is -2.29. The summed E-state index contributed by atoms with van der Waals surface area (Å²) in [5, 5.41) is 9.38. The lowest BCUT2D eigenvalue weighted by atomic mass is 10.1. The molecule has 0 aliphatic carbocycles. The van der Waals surface area contributed by atoms with Gasteiger partial charge in [-0.1, -0.05) is 0 Å². The molecule has 0 spiro atoms. The van der Waals surface area contributed by atoms with Crippen LogP contribution in [-0.4, -0.2) is 31.4 Å². The number of morpholine rings is 1. The summed E-state index contributed by atoms with van der Waals surface area (Å²) in [7, 11) is 0. The molecular weight excluding hydrogens is 235 g/mol. The molecule has 94 valence electrons. The highest BCUT2D eigenvalue weighted by Gasteiger charge is 2.34. The number of aromatic hydroxyl groups is 1. The zero-order valence-electron chi connectivity index (χ0n) is 9.00. The van der Waals surface area contributed by atoms with Gasteiger partial charge in [0.1, 0.15) is 5.75 Å². The Morgan fingerprint density at radius 2 is 1.82 bits per heavy atom. The van der Waals surface area contributed by atoms with E-state index in [-0.39, 0.29) is 0 Å². The SMILES string of the molecule is Oc1cc(N2CCOCC2)ccc1C(F)(F)F. The van der Waals surface area contributed by atoms with Crippen LogP contribution >= 0.6 is 0 Å². The maximum atomic E-state index is 12.4. The monoisotopic (exact) mass is 247 g/mol. The van der Waals surface area contributed by atoms with E-state index in [1.807, 2.05) is 4.90 Å². The summed E-state index contributed by atoms with van der Waals surface area (Å²) >= 11 is 0. The van der Waals surface area contributed by atoms with Crippen LogP contribution in [0.5, 0.6) is 5.75 Å². The fraction of sp³-hybridized carbons (Fsp3) is 0.455. The van der Waals surface area contributed by atoms with Crippen LogP contribution < -0.4 is 4.90 Å². The second-order valence-corrected chi connectivity index (χ2v) is 3.80. The van der Waals surface area contributed by atoms with E-state index in [9.17, 15) is 18.3 Å². The predicted octanol–water partition coefficient (Wildman–Crippen LogP) is 2.25. The third-order valence-electron chi connectivity index (χ3n) is 2.66. The molecule has 2 rings (SSSR count). The van der Waals surface area contributed by atoms with E-state index in [2.05, 4.69) is 0 Å². The summed E-state index contributed by atoms with van der Waals surface area (Å²) in [6.07, 6.45) is -4.52. The van der Waals surface area contributed by atoms with Crippen molar-refractivity contribution in [3.63, 3.8) is 0 Å². The highest BCUT2D eigenvalue weighted by molar-refractivity contribution is 5.54. The minimum Gasteiger partial charge on any atom is -0.507 e. The van der Waals surface area contributed by atoms with Gasteiger partial charge < -0.3 is 14.7 Å². The number of rotatable bonds is 1. The van der Waals surface area contributed by atoms with Gasteiger partial charge in [-0.2, -0.15) is 13.2 Å². The molecular formula is C11H12F3NO2. The second kappa shape index (κ2) is 4.44. The minimum absolute atomic E-state index is 0.543. The van der Waals surface area contributed by atoms with Crippen molar-refractivity contribution in [1.82, 2.24) is 0 Å². The van der Waals surface area contributed by atoms with Gasteiger partial charge in [0.2, 0.25) is 0 Å². The van der Waals surface area contributed by atoms with Crippen LogP contribution in [0.3, 0.4) is 0 Å². The fourth-order valence-electron chi connectivity index (χ4n) is 1.78. The van der Waals surface area contributed by atoms with Gasteiger partial charge in [0.25, 0.3) is 0 Å². The van der Waals surface area contributed by atoms with Crippen LogP contribution in [0.1, 0.15) is 5.56 Å². The number of nitrogens with zero attached hydrogens (tertiary/aromatic N) is 1. The Morgan fingerprint density at radius 1 is 1.18 bits per heavy atom. The zero-order valence-corrected chi connectivity index (χ0v) is 9.00. The second-order valence-electron chi connectivity index (χ2n) is 3.80. The number of halogens is 3. The summed E-state index contributed by atoms with van der Waals surface area (Å²) in [5.74, 6) is -0.735. The van der Waals surface area contributed by atoms with Crippen LogP contribution in [0.25, 0.3) is 0 Å². The average Bonchev–Trinajstić information content (AvgIpc) is 2.28. The largest absolute Gasteiger partial charge is 0.507 e. The Morgan fingerprint density at radius 3 is 2.35 bits per heavy atom. The molecule has 1 aromatic rings. The molecule has 17 heavy (non-hydrogen) atoms. The molecule has 1 N–H and O–H groups in total. The Labute approximate surface area is 96.4 Å². The molecule has 1 aliphatic heterocycles. The molecule has 0 radical (unpaired) electrons. The number of phenolic OH excluding ortho intramolecular Hbond substituents is 1. The van der Waals surface area contributed by atoms with E-state index in [0.29, 0.717) is 32.0 Å². The average molecular weight is 247 g/mol. The van der Waals surface area contributed by atoms with Gasteiger partial charge in [-0.25, -0.2) is 0 Å². The van der Waals surface area contributed by atoms with Crippen molar-refractivity contribution >= 4 is 5.69 Å². The number of hydrogen-bond donors (Lipinski definition) is 1. The lowest BCUT2D eigenvalue weighted by Crippen LogP contribution is -2.36. The number of anilines is 1. The Balaban J connectivity index is 2.24. The standard InChI is InChI=1S/C11H12F3NO2/c12-11(13,14)9-2-1-8(7-10(9)16)15-3-5-17-6-4-15/h1-2,7,16H,3-6H2. The summed E-state index contributed by atoms with van der Waals surface area (Å²) in [6.45, 7) is 2.32. The molecule has 1 aliphatic rings. The van der Waals surface area contributed by atoms with Crippen molar-refractivity contribution in [3.8, 4) is 5.75 Å². The Hall–Kier alpha value is -1.43. The van der Waals surface area contributed by atoms with Gasteiger partial charge >= 0.3 is 6.18 Å². The number of benzene rings is 1. The van der Waals surface area contributed by atoms with E-state index in [1.54, 1.807) is 0 Å². The van der Waals surface area contributed by atoms with Crippen LogP contribution in [0.15, 0.2) is 18.2 Å². The van der Waals surface area contributed by atoms with Crippen molar-refractivity contribution in [2.24, 2.45) is 0 Å². The maximum absolute atomic E-state index is 12.4. The van der Waals surface area contributed by atoms with Crippen molar-refractivity contribution in [2.75, 3.05) is 31.2 Å². The van der Waals surface area contributed by atoms with E-state index < -0.39 is 17.5 Å². The number of ether oxygens (including phenoxy) is 1. The molecule has 1 saturated heterocycles. The van der Waals surface area contributed by atoms with Crippen molar-refractivity contribution in [3.05, 3.63) is 23.8 Å². The Kier molecular flexibility index (Phi) is 3.15. The molecule has 0 atom stereocenters. The highest BCUT2D eigenvalue weighted by Crippen LogP contribution is 2.37. The smallest absolute Gasteiger partial charge is 0.419 e. The van der Waals surface area contributed by atoms with E-state index in [0.717, 1.165) is 12.1 Å². The lowest BCUT2D eigenvalue weighted by molar-refractivity contribution is -0.138. The molecule has 1 aromatic carbocycles. The van der Waals surface area contributed by atoms with Crippen LogP contribution in [0.2, 0.25) is 0 Å². The molecule has 0 saturated carbocycles. The first-order valence-corrected chi connectivity index (χ1v) is 5.21. The maximum Gasteiger partial charge on any atom is 0.419 e. The van der Waals surface area contributed by atoms with Gasteiger partial charge in [0.05, 0.1) is 18.8 Å². The zero-order chi connectivity index (χ0) is 12.5. The minimum atomic E-state index is -4.52. The third kappa shape index (κ3) is 2.63. The van der Waals surface area contributed by atoms with Crippen molar-refractivity contribution in [2.45, 2.75) is 6.18 Å². The highest BCUT2D eigenvalue weighted by atomic mass is 19.4. The van der Waals surface area contributed by atoms with E-state index in [4.69, 9.17) is 4.74 Å². The Bertz CT molecular complexity index is 400. The van der Waals surface area contributed by atoms with Gasteiger partial charge in [-0.15, -0.1) is 0 Å². The molecule has 1 heterocycles. The van der Waals surface area contributed by atoms with Crippen molar-refractivity contribution in [1.29, 1.82) is 0 Å². The first-order valence-electron chi connectivity index (χ1n) is 5.21. The normalized spacial score (nSPS) is 17.2. The quantitative estimate of drug-likeness (QED) is 0.826. The number of alkyl halides is 3. The molecule has 3 nitrogen and oxygen atoms in total. The topological polar surface area (TPSA) is 32.7 Å². The predicted molar refractivity (Wildman–Crippen MR) is 56.1 cm³/mol. The summed E-state index contributed by atoms with van der Waals surface area (Å²) in [4.78, 5) is 1.88. The molecule has 6 heteroatoms. The van der Waals surface area contributed by atoms with E-state index in [1.165, 1.54) is 6.07 Å². The van der Waals surface area contributed by atoms with Gasteiger partial charge in [-0.3, -0.25) is 0 Å². The van der Waals surface area contributed by atoms with Crippen LogP contribution in [0, 0.1) is 0 Å². The van der Waals surface area contributed by atoms with Gasteiger partial charge in [-0.05, 0) is 12.1 Å². The molecule has 0 aromatic heterocycles. The van der Waals surface area contributed by atoms with Gasteiger partial charge in [0, 0.05) is 24.8 Å². The first kappa shape index (κ1) is 12.0. The third-order valence-corrected chi connectivity index (χ3v) is 2.66. The number of phenols is 1. The summed E-state index contributed by atoms with van der Waals surface area (Å²) < 4.78 is 42.4. The first-order chi connectivity index (χ1) is 7.98. The van der Waals surface area contributed by atoms with Gasteiger partial charge in [0.15, 0.2) is 0 Å². The summed E-state index contributed by atoms with van der Waals surface area (Å²) in [6, 6.07) is 3.42. The fourth-order valence-corrected chi connectivity index (χ4v) is 1.78. The van der Waals surface area contributed by atoms with Crippen molar-refractivity contribution < 1.29 is 23.0 Å². The van der Waals surface area contributed by atoms with Crippen LogP contribution in [0.4, 0.5) is 18.9 Å². The molecule has 0 amide bonds.